The second-order valence-electron chi connectivity index (χ2n) is 18.3. The number of para-hydroxylation sites is 2. The van der Waals surface area contributed by atoms with Gasteiger partial charge in [0.2, 0.25) is 0 Å². The maximum Gasteiger partial charge on any atom is 0.166 e. The zero-order valence-electron chi connectivity index (χ0n) is 39.0. The van der Waals surface area contributed by atoms with E-state index in [1.807, 2.05) is 66.7 Å². The molecule has 330 valence electrons. The van der Waals surface area contributed by atoms with Crippen molar-refractivity contribution in [3.8, 4) is 79.9 Å². The predicted molar refractivity (Wildman–Crippen MR) is 284 cm³/mol. The first-order chi connectivity index (χ1) is 34.2. The summed E-state index contributed by atoms with van der Waals surface area (Å²) in [5.41, 5.74) is 18.0. The fourth-order valence-corrected chi connectivity index (χ4v) is 10.4. The minimum atomic E-state index is 0.389. The molecule has 3 aromatic heterocycles. The van der Waals surface area contributed by atoms with Crippen molar-refractivity contribution in [2.24, 2.45) is 0 Å². The van der Waals surface area contributed by atoms with Crippen LogP contribution in [0.4, 0.5) is 0 Å². The van der Waals surface area contributed by atoms with Crippen LogP contribution in [0.2, 0.25) is 0 Å². The number of nitrogens with zero attached hydrogens (tertiary/aromatic N) is 7. The normalized spacial score (nSPS) is 11.4. The largest absolute Gasteiger partial charge is 0.308 e. The van der Waals surface area contributed by atoms with E-state index in [4.69, 9.17) is 15.0 Å². The molecule has 7 heteroatoms. The molecule has 0 bridgehead atoms. The molecule has 7 nitrogen and oxygen atoms in total. The molecule has 9 aromatic carbocycles. The molecule has 0 saturated heterocycles. The van der Waals surface area contributed by atoms with Crippen LogP contribution >= 0.6 is 0 Å². The smallest absolute Gasteiger partial charge is 0.166 e. The van der Waals surface area contributed by atoms with Gasteiger partial charge in [0.25, 0.3) is 0 Å². The van der Waals surface area contributed by atoms with Crippen molar-refractivity contribution in [3.63, 3.8) is 0 Å². The van der Waals surface area contributed by atoms with E-state index in [1.54, 1.807) is 0 Å². The van der Waals surface area contributed by atoms with E-state index in [9.17, 15) is 10.5 Å². The number of hydrogen-bond donors (Lipinski definition) is 0. The van der Waals surface area contributed by atoms with E-state index in [0.717, 1.165) is 82.8 Å². The second-order valence-corrected chi connectivity index (χ2v) is 18.3. The quantitative estimate of drug-likeness (QED) is 0.159. The highest BCUT2D eigenvalue weighted by Gasteiger charge is 2.24. The van der Waals surface area contributed by atoms with Crippen LogP contribution in [-0.4, -0.2) is 24.1 Å². The van der Waals surface area contributed by atoms with Crippen molar-refractivity contribution in [2.75, 3.05) is 0 Å². The number of fused-ring (bicyclic) bond motifs is 6. The summed E-state index contributed by atoms with van der Waals surface area (Å²) < 4.78 is 4.54. The molecule has 0 saturated carbocycles. The Morgan fingerprint density at radius 3 is 1.17 bits per heavy atom. The number of aromatic nitrogens is 5. The molecule has 70 heavy (non-hydrogen) atoms. The van der Waals surface area contributed by atoms with E-state index in [1.165, 1.54) is 22.3 Å². The third-order valence-corrected chi connectivity index (χ3v) is 13.3. The molecule has 3 heterocycles. The summed E-state index contributed by atoms with van der Waals surface area (Å²) in [5.74, 6) is 1.24. The predicted octanol–water partition coefficient (Wildman–Crippen LogP) is 15.4. The van der Waals surface area contributed by atoms with Gasteiger partial charge in [0, 0.05) is 38.2 Å². The molecule has 0 aliphatic rings. The lowest BCUT2D eigenvalue weighted by Gasteiger charge is -2.17. The van der Waals surface area contributed by atoms with Crippen molar-refractivity contribution in [1.82, 2.24) is 24.1 Å². The molecule has 0 spiro atoms. The van der Waals surface area contributed by atoms with Gasteiger partial charge in [0.1, 0.15) is 0 Å². The van der Waals surface area contributed by atoms with Crippen LogP contribution in [0.3, 0.4) is 0 Å². The monoisotopic (exact) mass is 897 g/mol. The molecule has 12 aromatic rings. The topological polar surface area (TPSA) is 96.1 Å². The SMILES string of the molecule is Cc1cc(C)cc(-c2ccc3c4ccccc4n(-c4ccc(C#N)cc4-c4nc(-c5ccccc5)nc(-c5cc(C#N)ccc5-n5c6ccccc6c6ccc(-c7cc(C)cc(C)c7)cc65)n4)c3c2)c1. The maximum absolute atomic E-state index is 10.5. The zero-order valence-corrected chi connectivity index (χ0v) is 39.0. The summed E-state index contributed by atoms with van der Waals surface area (Å²) >= 11 is 0. The highest BCUT2D eigenvalue weighted by atomic mass is 15.1. The van der Waals surface area contributed by atoms with Crippen LogP contribution in [0.25, 0.3) is 111 Å². The van der Waals surface area contributed by atoms with Crippen molar-refractivity contribution < 1.29 is 0 Å². The molecular formula is C63H43N7. The molecular weight excluding hydrogens is 855 g/mol. The van der Waals surface area contributed by atoms with Gasteiger partial charge in [0.15, 0.2) is 17.5 Å². The Balaban J connectivity index is 1.13. The summed E-state index contributed by atoms with van der Waals surface area (Å²) in [4.78, 5) is 15.9. The maximum atomic E-state index is 10.5. The summed E-state index contributed by atoms with van der Waals surface area (Å²) in [7, 11) is 0. The highest BCUT2D eigenvalue weighted by molar-refractivity contribution is 6.12. The lowest BCUT2D eigenvalue weighted by molar-refractivity contribution is 1.06. The van der Waals surface area contributed by atoms with Gasteiger partial charge >= 0.3 is 0 Å². The van der Waals surface area contributed by atoms with Crippen molar-refractivity contribution >= 4 is 43.6 Å². The molecule has 0 amide bonds. The summed E-state index contributed by atoms with van der Waals surface area (Å²) in [6, 6.07) is 69.7. The molecule has 0 atom stereocenters. The lowest BCUT2D eigenvalue weighted by Crippen LogP contribution is -2.06. The molecule has 12 rings (SSSR count). The number of rotatable bonds is 7. The van der Waals surface area contributed by atoms with Gasteiger partial charge in [-0.25, -0.2) is 15.0 Å². The van der Waals surface area contributed by atoms with Gasteiger partial charge in [-0.15, -0.1) is 0 Å². The molecule has 0 fully saturated rings. The summed E-state index contributed by atoms with van der Waals surface area (Å²) in [5, 5.41) is 25.4. The first-order valence-electron chi connectivity index (χ1n) is 23.4. The van der Waals surface area contributed by atoms with E-state index < -0.39 is 0 Å². The van der Waals surface area contributed by atoms with E-state index in [-0.39, 0.29) is 0 Å². The number of aryl methyl sites for hydroxylation is 4. The number of hydrogen-bond acceptors (Lipinski definition) is 5. The van der Waals surface area contributed by atoms with Crippen LogP contribution in [0.1, 0.15) is 33.4 Å². The van der Waals surface area contributed by atoms with Gasteiger partial charge < -0.3 is 9.13 Å². The van der Waals surface area contributed by atoms with Gasteiger partial charge in [-0.05, 0) is 111 Å². The molecule has 0 aliphatic carbocycles. The standard InChI is InChI=1S/C63H43N7/c1-38-26-39(2)29-47(28-38)45-20-22-51-49-14-8-10-16-55(49)69(59(51)34-45)57-24-18-42(36-64)32-53(57)62-66-61(44-12-6-5-7-13-44)67-63(68-62)54-33-43(37-65)19-25-58(54)70-56-17-11-9-15-50(56)52-23-21-46(35-60(52)70)48-30-40(3)27-41(4)31-48/h5-35H,1-4H3. The van der Waals surface area contributed by atoms with Crippen molar-refractivity contribution in [2.45, 2.75) is 27.7 Å². The molecule has 0 unspecified atom stereocenters. The van der Waals surface area contributed by atoms with Crippen molar-refractivity contribution in [3.05, 3.63) is 221 Å². The molecule has 0 aliphatic heterocycles. The fraction of sp³-hybridized carbons (Fsp3) is 0.0635. The Kier molecular flexibility index (Phi) is 10.0. The highest BCUT2D eigenvalue weighted by Crippen LogP contribution is 2.41. The van der Waals surface area contributed by atoms with Crippen molar-refractivity contribution in [1.29, 1.82) is 10.5 Å². The zero-order chi connectivity index (χ0) is 47.6. The number of nitriles is 2. The van der Waals surface area contributed by atoms with Gasteiger partial charge in [-0.1, -0.05) is 150 Å². The van der Waals surface area contributed by atoms with Gasteiger partial charge in [0.05, 0.1) is 56.7 Å². The van der Waals surface area contributed by atoms with Gasteiger partial charge in [-0.3, -0.25) is 0 Å². The van der Waals surface area contributed by atoms with Crippen LogP contribution in [-0.2, 0) is 0 Å². The molecule has 0 radical (unpaired) electrons. The van der Waals surface area contributed by atoms with Crippen LogP contribution < -0.4 is 0 Å². The Morgan fingerprint density at radius 1 is 0.329 bits per heavy atom. The van der Waals surface area contributed by atoms with Crippen LogP contribution in [0.15, 0.2) is 188 Å². The average molecular weight is 898 g/mol. The average Bonchev–Trinajstić information content (AvgIpc) is 3.89. The van der Waals surface area contributed by atoms with Gasteiger partial charge in [-0.2, -0.15) is 10.5 Å². The fourth-order valence-electron chi connectivity index (χ4n) is 10.4. The van der Waals surface area contributed by atoms with E-state index >= 15 is 0 Å². The Bertz CT molecular complexity index is 3910. The van der Waals surface area contributed by atoms with E-state index in [2.05, 4.69) is 170 Å². The summed E-state index contributed by atoms with van der Waals surface area (Å²) in [6.07, 6.45) is 0. The Hall–Kier alpha value is -9.43. The van der Waals surface area contributed by atoms with E-state index in [0.29, 0.717) is 39.7 Å². The first-order valence-corrected chi connectivity index (χ1v) is 23.4. The third-order valence-electron chi connectivity index (χ3n) is 13.3. The third kappa shape index (κ3) is 7.17. The Morgan fingerprint density at radius 2 is 0.729 bits per heavy atom. The lowest BCUT2D eigenvalue weighted by atomic mass is 9.99. The van der Waals surface area contributed by atoms with Crippen LogP contribution in [0, 0.1) is 50.4 Å². The number of benzene rings is 9. The second kappa shape index (κ2) is 16.7. The minimum absolute atomic E-state index is 0.389. The minimum Gasteiger partial charge on any atom is -0.308 e. The molecule has 0 N–H and O–H groups in total. The van der Waals surface area contributed by atoms with Crippen LogP contribution in [0.5, 0.6) is 0 Å². The Labute approximate surface area is 405 Å². The summed E-state index contributed by atoms with van der Waals surface area (Å²) in [6.45, 7) is 8.53. The first kappa shape index (κ1) is 42.0.